The third kappa shape index (κ3) is 12.4. The van der Waals surface area contributed by atoms with E-state index in [2.05, 4.69) is 16.0 Å². The number of ketones is 3. The zero-order chi connectivity index (χ0) is 17.7. The van der Waals surface area contributed by atoms with E-state index in [9.17, 15) is 19.2 Å². The summed E-state index contributed by atoms with van der Waals surface area (Å²) in [7, 11) is 0. The van der Waals surface area contributed by atoms with Crippen LogP contribution in [0.1, 0.15) is 33.6 Å². The number of hydrogen-bond acceptors (Lipinski definition) is 6. The van der Waals surface area contributed by atoms with E-state index < -0.39 is 5.91 Å². The molecule has 7 heteroatoms. The van der Waals surface area contributed by atoms with Crippen molar-refractivity contribution in [3.05, 3.63) is 12.2 Å². The van der Waals surface area contributed by atoms with Crippen molar-refractivity contribution in [2.24, 2.45) is 0 Å². The summed E-state index contributed by atoms with van der Waals surface area (Å²) in [5.74, 6) is -0.549. The molecule has 0 heterocycles. The van der Waals surface area contributed by atoms with Crippen molar-refractivity contribution in [1.82, 2.24) is 16.0 Å². The molecule has 0 aliphatic rings. The Labute approximate surface area is 137 Å². The summed E-state index contributed by atoms with van der Waals surface area (Å²) < 4.78 is 0. The van der Waals surface area contributed by atoms with E-state index in [0.717, 1.165) is 12.6 Å². The fourth-order valence-electron chi connectivity index (χ4n) is 1.74. The predicted octanol–water partition coefficient (Wildman–Crippen LogP) is -0.246. The predicted molar refractivity (Wildman–Crippen MR) is 88.1 cm³/mol. The average molecular weight is 325 g/mol. The van der Waals surface area contributed by atoms with Crippen LogP contribution in [0, 0.1) is 0 Å². The van der Waals surface area contributed by atoms with Gasteiger partial charge in [-0.25, -0.2) is 0 Å². The molecule has 130 valence electrons. The lowest BCUT2D eigenvalue weighted by Crippen LogP contribution is -2.36. The van der Waals surface area contributed by atoms with Gasteiger partial charge in [-0.05, 0) is 26.5 Å². The molecule has 0 aromatic heterocycles. The summed E-state index contributed by atoms with van der Waals surface area (Å²) in [6.45, 7) is 6.69. The Morgan fingerprint density at radius 2 is 1.74 bits per heavy atom. The van der Waals surface area contributed by atoms with E-state index in [1.165, 1.54) is 13.0 Å². The van der Waals surface area contributed by atoms with E-state index in [1.54, 1.807) is 0 Å². The summed E-state index contributed by atoms with van der Waals surface area (Å²) >= 11 is 0. The first-order valence-electron chi connectivity index (χ1n) is 7.81. The van der Waals surface area contributed by atoms with Gasteiger partial charge in [-0.2, -0.15) is 0 Å². The number of rotatable bonds is 13. The molecule has 1 unspecified atom stereocenters. The van der Waals surface area contributed by atoms with Crippen LogP contribution in [0.4, 0.5) is 0 Å². The Balaban J connectivity index is 3.70. The summed E-state index contributed by atoms with van der Waals surface area (Å²) in [5.41, 5.74) is 0. The first-order valence-corrected chi connectivity index (χ1v) is 7.81. The number of nitrogens with one attached hydrogen (secondary N) is 3. The maximum Gasteiger partial charge on any atom is 0.244 e. The quantitative estimate of drug-likeness (QED) is 0.319. The molecule has 0 aliphatic carbocycles. The third-order valence-corrected chi connectivity index (χ3v) is 3.04. The SMILES string of the molecule is CCNC(C)C(=O)CCNCC(=O)CCNC(=O)/C=C/C(C)=O. The highest BCUT2D eigenvalue weighted by atomic mass is 16.2. The summed E-state index contributed by atoms with van der Waals surface area (Å²) in [4.78, 5) is 45.2. The lowest BCUT2D eigenvalue weighted by molar-refractivity contribution is -0.121. The Morgan fingerprint density at radius 1 is 1.04 bits per heavy atom. The minimum atomic E-state index is -0.399. The second kappa shape index (κ2) is 12.7. The van der Waals surface area contributed by atoms with Gasteiger partial charge in [0.15, 0.2) is 11.6 Å². The minimum Gasteiger partial charge on any atom is -0.352 e. The zero-order valence-electron chi connectivity index (χ0n) is 14.1. The topological polar surface area (TPSA) is 104 Å². The van der Waals surface area contributed by atoms with Gasteiger partial charge in [-0.15, -0.1) is 0 Å². The largest absolute Gasteiger partial charge is 0.352 e. The Kier molecular flexibility index (Phi) is 11.6. The van der Waals surface area contributed by atoms with Crippen LogP contribution in [-0.4, -0.2) is 55.5 Å². The number of amides is 1. The molecule has 23 heavy (non-hydrogen) atoms. The van der Waals surface area contributed by atoms with Crippen molar-refractivity contribution in [2.45, 2.75) is 39.7 Å². The van der Waals surface area contributed by atoms with Gasteiger partial charge in [0.25, 0.3) is 0 Å². The molecule has 0 radical (unpaired) electrons. The molecule has 1 atom stereocenters. The van der Waals surface area contributed by atoms with Crippen LogP contribution in [0.5, 0.6) is 0 Å². The van der Waals surface area contributed by atoms with Crippen molar-refractivity contribution < 1.29 is 19.2 Å². The summed E-state index contributed by atoms with van der Waals surface area (Å²) in [5, 5.41) is 8.48. The fourth-order valence-corrected chi connectivity index (χ4v) is 1.74. The molecule has 0 spiro atoms. The maximum absolute atomic E-state index is 11.7. The average Bonchev–Trinajstić information content (AvgIpc) is 2.49. The molecule has 0 fully saturated rings. The fraction of sp³-hybridized carbons (Fsp3) is 0.625. The van der Waals surface area contributed by atoms with Crippen LogP contribution in [0.2, 0.25) is 0 Å². The molecule has 0 rings (SSSR count). The van der Waals surface area contributed by atoms with Gasteiger partial charge in [0.05, 0.1) is 12.6 Å². The second-order valence-corrected chi connectivity index (χ2v) is 5.20. The highest BCUT2D eigenvalue weighted by molar-refractivity contribution is 5.96. The molecule has 0 saturated carbocycles. The van der Waals surface area contributed by atoms with Gasteiger partial charge in [0.2, 0.25) is 5.91 Å². The van der Waals surface area contributed by atoms with Gasteiger partial charge >= 0.3 is 0 Å². The van der Waals surface area contributed by atoms with E-state index in [4.69, 9.17) is 0 Å². The maximum atomic E-state index is 11.7. The normalized spacial score (nSPS) is 12.1. The Morgan fingerprint density at radius 3 is 2.35 bits per heavy atom. The van der Waals surface area contributed by atoms with Crippen molar-refractivity contribution in [3.63, 3.8) is 0 Å². The highest BCUT2D eigenvalue weighted by Gasteiger charge is 2.10. The van der Waals surface area contributed by atoms with Crippen molar-refractivity contribution >= 4 is 23.3 Å². The van der Waals surface area contributed by atoms with Crippen molar-refractivity contribution in [1.29, 1.82) is 0 Å². The monoisotopic (exact) mass is 325 g/mol. The molecular formula is C16H27N3O4. The molecule has 1 amide bonds. The Bertz CT molecular complexity index is 447. The first-order chi connectivity index (χ1) is 10.9. The smallest absolute Gasteiger partial charge is 0.244 e. The van der Waals surface area contributed by atoms with E-state index in [0.29, 0.717) is 13.0 Å². The lowest BCUT2D eigenvalue weighted by Gasteiger charge is -2.11. The minimum absolute atomic E-state index is 0.0481. The summed E-state index contributed by atoms with van der Waals surface area (Å²) in [6.07, 6.45) is 2.88. The molecule has 7 nitrogen and oxygen atoms in total. The van der Waals surface area contributed by atoms with Gasteiger partial charge < -0.3 is 16.0 Å². The van der Waals surface area contributed by atoms with Crippen LogP contribution in [0.25, 0.3) is 0 Å². The van der Waals surface area contributed by atoms with Crippen LogP contribution in [-0.2, 0) is 19.2 Å². The molecule has 0 aliphatic heterocycles. The van der Waals surface area contributed by atoms with E-state index in [1.807, 2.05) is 13.8 Å². The third-order valence-electron chi connectivity index (χ3n) is 3.04. The van der Waals surface area contributed by atoms with E-state index >= 15 is 0 Å². The molecule has 3 N–H and O–H groups in total. The van der Waals surface area contributed by atoms with Gasteiger partial charge in [0.1, 0.15) is 5.78 Å². The zero-order valence-corrected chi connectivity index (χ0v) is 14.1. The Hall–Kier alpha value is -1.86. The molecule has 0 aromatic rings. The van der Waals surface area contributed by atoms with Gasteiger partial charge in [0, 0.05) is 32.0 Å². The lowest BCUT2D eigenvalue weighted by atomic mass is 10.1. The van der Waals surface area contributed by atoms with Crippen LogP contribution < -0.4 is 16.0 Å². The van der Waals surface area contributed by atoms with Crippen LogP contribution in [0.15, 0.2) is 12.2 Å². The molecule has 0 aromatic carbocycles. The summed E-state index contributed by atoms with van der Waals surface area (Å²) in [6, 6.07) is -0.171. The standard InChI is InChI=1S/C16H27N3O4/c1-4-18-13(3)15(22)8-9-17-11-14(21)7-10-19-16(23)6-5-12(2)20/h5-6,13,17-18H,4,7-11H2,1-3H3,(H,19,23)/b6-5+. The molecule has 0 saturated heterocycles. The molecule has 0 bridgehead atoms. The van der Waals surface area contributed by atoms with Crippen molar-refractivity contribution in [3.8, 4) is 0 Å². The highest BCUT2D eigenvalue weighted by Crippen LogP contribution is 1.90. The number of carbonyl (C=O) groups excluding carboxylic acids is 4. The van der Waals surface area contributed by atoms with Gasteiger partial charge in [-0.3, -0.25) is 19.2 Å². The number of carbonyl (C=O) groups is 4. The number of hydrogen-bond donors (Lipinski definition) is 3. The van der Waals surface area contributed by atoms with Crippen LogP contribution in [0.3, 0.4) is 0 Å². The number of likely N-dealkylation sites (N-methyl/N-ethyl adjacent to an activating group) is 1. The number of allylic oxidation sites excluding steroid dienone is 1. The number of Topliss-reactive ketones (excluding diaryl/α,β-unsaturated/α-hetero) is 2. The van der Waals surface area contributed by atoms with E-state index in [-0.39, 0.29) is 42.9 Å². The van der Waals surface area contributed by atoms with Gasteiger partial charge in [-0.1, -0.05) is 6.92 Å². The first kappa shape index (κ1) is 21.1. The molecular weight excluding hydrogens is 298 g/mol. The second-order valence-electron chi connectivity index (χ2n) is 5.20. The van der Waals surface area contributed by atoms with Crippen LogP contribution >= 0.6 is 0 Å². The van der Waals surface area contributed by atoms with Crippen molar-refractivity contribution in [2.75, 3.05) is 26.2 Å².